The van der Waals surface area contributed by atoms with Crippen LogP contribution in [0.3, 0.4) is 0 Å². The monoisotopic (exact) mass is 325 g/mol. The number of hydrazone groups is 1. The molecule has 1 unspecified atom stereocenters. The minimum atomic E-state index is -3.25. The minimum Gasteiger partial charge on any atom is -0.485 e. The lowest BCUT2D eigenvalue weighted by Gasteiger charge is -2.21. The fraction of sp³-hybridized carbons (Fsp3) is 0.533. The summed E-state index contributed by atoms with van der Waals surface area (Å²) in [5.74, 6) is 1.72. The molecule has 0 aliphatic carbocycles. The quantitative estimate of drug-likeness (QED) is 0.892. The van der Waals surface area contributed by atoms with E-state index in [1.165, 1.54) is 6.26 Å². The summed E-state index contributed by atoms with van der Waals surface area (Å²) in [7, 11) is -1.56. The van der Waals surface area contributed by atoms with E-state index in [0.29, 0.717) is 11.8 Å². The van der Waals surface area contributed by atoms with E-state index in [9.17, 15) is 8.42 Å². The maximum absolute atomic E-state index is 11.6. The van der Waals surface area contributed by atoms with Crippen LogP contribution in [0.2, 0.25) is 0 Å². The van der Waals surface area contributed by atoms with Gasteiger partial charge in [0.25, 0.3) is 0 Å². The molecule has 1 heterocycles. The Morgan fingerprint density at radius 2 is 2.09 bits per heavy atom. The van der Waals surface area contributed by atoms with Gasteiger partial charge in [0.05, 0.1) is 0 Å². The zero-order chi connectivity index (χ0) is 16.5. The summed E-state index contributed by atoms with van der Waals surface area (Å²) in [4.78, 5) is 1.58. The molecule has 0 radical (unpaired) electrons. The van der Waals surface area contributed by atoms with Gasteiger partial charge in [-0.2, -0.15) is 5.10 Å². The lowest BCUT2D eigenvalue weighted by atomic mass is 10.0. The van der Waals surface area contributed by atoms with E-state index in [1.807, 2.05) is 13.0 Å². The lowest BCUT2D eigenvalue weighted by Crippen LogP contribution is -2.44. The average Bonchev–Trinajstić information content (AvgIpc) is 2.77. The van der Waals surface area contributed by atoms with Gasteiger partial charge in [-0.05, 0) is 30.0 Å². The maximum atomic E-state index is 11.6. The van der Waals surface area contributed by atoms with Crippen LogP contribution >= 0.6 is 0 Å². The first-order valence-electron chi connectivity index (χ1n) is 7.17. The lowest BCUT2D eigenvalue weighted by molar-refractivity contribution is 0.345. The number of aryl methyl sites for hydroxylation is 1. The molecule has 1 aliphatic heterocycles. The van der Waals surface area contributed by atoms with Gasteiger partial charge in [0, 0.05) is 13.3 Å². The van der Waals surface area contributed by atoms with E-state index >= 15 is 0 Å². The summed E-state index contributed by atoms with van der Waals surface area (Å²) < 4.78 is 29.2. The number of nitrogens with zero attached hydrogens (tertiary/aromatic N) is 2. The van der Waals surface area contributed by atoms with Gasteiger partial charge in [-0.1, -0.05) is 26.0 Å². The molecule has 1 atom stereocenters. The van der Waals surface area contributed by atoms with Crippen molar-refractivity contribution in [2.75, 3.05) is 19.9 Å². The highest BCUT2D eigenvalue weighted by Gasteiger charge is 2.32. The molecule has 1 aliphatic rings. The molecule has 2 rings (SSSR count). The molecule has 1 aromatic rings. The van der Waals surface area contributed by atoms with Crippen molar-refractivity contribution in [2.24, 2.45) is 5.10 Å². The molecule has 1 aromatic carbocycles. The van der Waals surface area contributed by atoms with E-state index in [1.54, 1.807) is 11.9 Å². The van der Waals surface area contributed by atoms with Crippen LogP contribution in [0.4, 0.5) is 0 Å². The SMILES string of the molecule is Cc1ccc(C(C)C)c(OCC2=NNC(S(C)(=O)=O)N2C)c1. The Kier molecular flexibility index (Phi) is 4.65. The molecule has 0 spiro atoms. The predicted octanol–water partition coefficient (Wildman–Crippen LogP) is 1.67. The van der Waals surface area contributed by atoms with Crippen LogP contribution in [0.15, 0.2) is 23.3 Å². The number of ether oxygens (including phenoxy) is 1. The van der Waals surface area contributed by atoms with Crippen molar-refractivity contribution >= 4 is 15.7 Å². The predicted molar refractivity (Wildman–Crippen MR) is 87.7 cm³/mol. The number of amidine groups is 1. The van der Waals surface area contributed by atoms with Crippen molar-refractivity contribution in [3.05, 3.63) is 29.3 Å². The molecule has 0 aromatic heterocycles. The van der Waals surface area contributed by atoms with Gasteiger partial charge in [-0.3, -0.25) is 5.43 Å². The molecule has 6 nitrogen and oxygen atoms in total. The fourth-order valence-corrected chi connectivity index (χ4v) is 3.27. The van der Waals surface area contributed by atoms with Crippen LogP contribution in [0.25, 0.3) is 0 Å². The van der Waals surface area contributed by atoms with E-state index in [0.717, 1.165) is 16.9 Å². The highest BCUT2D eigenvalue weighted by Crippen LogP contribution is 2.27. The van der Waals surface area contributed by atoms with E-state index in [2.05, 4.69) is 36.5 Å². The molecule has 0 saturated carbocycles. The zero-order valence-electron chi connectivity index (χ0n) is 13.6. The van der Waals surface area contributed by atoms with Crippen LogP contribution in [0.1, 0.15) is 30.9 Å². The third-order valence-electron chi connectivity index (χ3n) is 3.62. The molecule has 22 heavy (non-hydrogen) atoms. The number of nitrogens with one attached hydrogen (secondary N) is 1. The van der Waals surface area contributed by atoms with Crippen LogP contribution in [0, 0.1) is 6.92 Å². The number of benzene rings is 1. The van der Waals surface area contributed by atoms with Crippen LogP contribution in [-0.2, 0) is 9.84 Å². The molecule has 0 bridgehead atoms. The third-order valence-corrected chi connectivity index (χ3v) is 4.85. The summed E-state index contributed by atoms with van der Waals surface area (Å²) >= 11 is 0. The summed E-state index contributed by atoms with van der Waals surface area (Å²) in [6, 6.07) is 6.11. The number of rotatable bonds is 5. The van der Waals surface area contributed by atoms with Gasteiger partial charge in [0.2, 0.25) is 5.50 Å². The Morgan fingerprint density at radius 1 is 1.41 bits per heavy atom. The first-order valence-corrected chi connectivity index (χ1v) is 9.12. The Morgan fingerprint density at radius 3 is 2.64 bits per heavy atom. The highest BCUT2D eigenvalue weighted by molar-refractivity contribution is 7.91. The molecule has 1 N–H and O–H groups in total. The summed E-state index contributed by atoms with van der Waals surface area (Å²) in [6.45, 7) is 6.45. The van der Waals surface area contributed by atoms with E-state index in [-0.39, 0.29) is 6.61 Å². The van der Waals surface area contributed by atoms with Gasteiger partial charge in [0.15, 0.2) is 15.7 Å². The van der Waals surface area contributed by atoms with Gasteiger partial charge in [-0.15, -0.1) is 0 Å². The zero-order valence-corrected chi connectivity index (χ0v) is 14.4. The van der Waals surface area contributed by atoms with Crippen LogP contribution < -0.4 is 10.2 Å². The Labute approximate surface area is 132 Å². The molecule has 7 heteroatoms. The highest BCUT2D eigenvalue weighted by atomic mass is 32.2. The van der Waals surface area contributed by atoms with Crippen LogP contribution in [0.5, 0.6) is 5.75 Å². The molecule has 0 fully saturated rings. The van der Waals surface area contributed by atoms with Gasteiger partial charge in [0.1, 0.15) is 12.4 Å². The summed E-state index contributed by atoms with van der Waals surface area (Å²) in [6.07, 6.45) is 1.18. The first kappa shape index (κ1) is 16.6. The maximum Gasteiger partial charge on any atom is 0.219 e. The molecular weight excluding hydrogens is 302 g/mol. The van der Waals surface area contributed by atoms with Crippen molar-refractivity contribution in [1.29, 1.82) is 0 Å². The number of likely N-dealkylation sites (N-methyl/N-ethyl adjacent to an activating group) is 1. The Balaban J connectivity index is 2.10. The van der Waals surface area contributed by atoms with Crippen molar-refractivity contribution in [1.82, 2.24) is 10.3 Å². The molecule has 122 valence electrons. The van der Waals surface area contributed by atoms with E-state index in [4.69, 9.17) is 4.74 Å². The third kappa shape index (κ3) is 3.52. The average molecular weight is 325 g/mol. The minimum absolute atomic E-state index is 0.221. The topological polar surface area (TPSA) is 71.0 Å². The number of sulfone groups is 1. The van der Waals surface area contributed by atoms with Gasteiger partial charge in [-0.25, -0.2) is 8.42 Å². The fourth-order valence-electron chi connectivity index (χ4n) is 2.33. The van der Waals surface area contributed by atoms with E-state index < -0.39 is 15.3 Å². The van der Waals surface area contributed by atoms with Crippen LogP contribution in [-0.4, -0.2) is 44.6 Å². The summed E-state index contributed by atoms with van der Waals surface area (Å²) in [5.41, 5.74) is 4.04. The molecular formula is C15H23N3O3S. The van der Waals surface area contributed by atoms with Crippen molar-refractivity contribution in [3.63, 3.8) is 0 Å². The van der Waals surface area contributed by atoms with Crippen molar-refractivity contribution in [2.45, 2.75) is 32.2 Å². The normalized spacial score (nSPS) is 18.4. The number of hydrogen-bond acceptors (Lipinski definition) is 6. The Bertz CT molecular complexity index is 683. The molecule has 0 saturated heterocycles. The first-order chi connectivity index (χ1) is 10.2. The standard InChI is InChI=1S/C15H23N3O3S/c1-10(2)12-7-6-11(3)8-13(12)21-9-14-16-17-15(18(14)4)22(5,19)20/h6-8,10,15,17H,9H2,1-5H3. The summed E-state index contributed by atoms with van der Waals surface area (Å²) in [5, 5.41) is 4.07. The Hall–Kier alpha value is -1.76. The second kappa shape index (κ2) is 6.16. The van der Waals surface area contributed by atoms with Gasteiger partial charge >= 0.3 is 0 Å². The van der Waals surface area contributed by atoms with Gasteiger partial charge < -0.3 is 9.64 Å². The second-order valence-electron chi connectivity index (χ2n) is 5.93. The van der Waals surface area contributed by atoms with Crippen molar-refractivity contribution in [3.8, 4) is 5.75 Å². The smallest absolute Gasteiger partial charge is 0.219 e. The largest absolute Gasteiger partial charge is 0.485 e. The second-order valence-corrected chi connectivity index (χ2v) is 8.04. The number of hydrogen-bond donors (Lipinski definition) is 1. The van der Waals surface area contributed by atoms with Crippen molar-refractivity contribution < 1.29 is 13.2 Å². The molecule has 0 amide bonds.